The number of nitrogens with zero attached hydrogens (tertiary/aromatic N) is 2. The van der Waals surface area contributed by atoms with Crippen LogP contribution in [0.1, 0.15) is 33.4 Å². The summed E-state index contributed by atoms with van der Waals surface area (Å²) in [7, 11) is 0. The van der Waals surface area contributed by atoms with Gasteiger partial charge in [-0.15, -0.1) is 0 Å². The quantitative estimate of drug-likeness (QED) is 0.273. The van der Waals surface area contributed by atoms with Crippen molar-refractivity contribution in [2.24, 2.45) is 9.98 Å². The summed E-state index contributed by atoms with van der Waals surface area (Å²) >= 11 is 0. The third-order valence-electron chi connectivity index (χ3n) is 5.79. The van der Waals surface area contributed by atoms with E-state index in [1.807, 2.05) is 64.1 Å². The molecule has 0 bridgehead atoms. The molecule has 0 spiro atoms. The highest BCUT2D eigenvalue weighted by atomic mass is 19.1. The molecule has 34 heavy (non-hydrogen) atoms. The molecular weight excluding hydrogens is 426 g/mol. The van der Waals surface area contributed by atoms with Gasteiger partial charge in [-0.2, -0.15) is 0 Å². The lowest BCUT2D eigenvalue weighted by Crippen LogP contribution is -2.18. The van der Waals surface area contributed by atoms with Crippen LogP contribution in [0, 0.1) is 39.3 Å². The molecule has 0 radical (unpaired) electrons. The van der Waals surface area contributed by atoms with Gasteiger partial charge in [-0.3, -0.25) is 0 Å². The van der Waals surface area contributed by atoms with Crippen LogP contribution in [0.25, 0.3) is 0 Å². The van der Waals surface area contributed by atoms with Crippen LogP contribution in [0.2, 0.25) is 0 Å². The lowest BCUT2D eigenvalue weighted by molar-refractivity contribution is 0.627. The fraction of sp³-hybridized carbons (Fsp3) is 0.133. The van der Waals surface area contributed by atoms with Crippen molar-refractivity contribution in [2.75, 3.05) is 0 Å². The Bertz CT molecular complexity index is 1230. The molecule has 0 saturated heterocycles. The van der Waals surface area contributed by atoms with Crippen molar-refractivity contribution in [1.29, 1.82) is 0 Å². The first kappa shape index (κ1) is 23.2. The minimum atomic E-state index is -0.329. The fourth-order valence-electron chi connectivity index (χ4n) is 3.91. The average molecular weight is 453 g/mol. The Kier molecular flexibility index (Phi) is 6.78. The van der Waals surface area contributed by atoms with E-state index < -0.39 is 0 Å². The summed E-state index contributed by atoms with van der Waals surface area (Å²) in [6, 6.07) is 24.5. The molecule has 170 valence electrons. The highest BCUT2D eigenvalue weighted by Gasteiger charge is 2.18. The van der Waals surface area contributed by atoms with E-state index in [-0.39, 0.29) is 11.6 Å². The molecule has 0 fully saturated rings. The molecule has 0 aliphatic heterocycles. The number of aliphatic imine (C=N–C) groups is 2. The van der Waals surface area contributed by atoms with E-state index in [4.69, 9.17) is 9.98 Å². The first-order chi connectivity index (χ1) is 16.3. The van der Waals surface area contributed by atoms with Gasteiger partial charge >= 0.3 is 0 Å². The van der Waals surface area contributed by atoms with Crippen molar-refractivity contribution < 1.29 is 8.78 Å². The zero-order valence-corrected chi connectivity index (χ0v) is 19.7. The summed E-state index contributed by atoms with van der Waals surface area (Å²) in [6.07, 6.45) is 0. The standard InChI is InChI=1S/C30H26F2N2/c1-19-7-5-8-20(2)27(19)33-29(23-11-15-25(31)16-12-23)30(24-13-17-26(32)18-14-24)34-28-21(3)9-6-10-22(28)4/h5-18H,1-4H3. The second-order valence-corrected chi connectivity index (χ2v) is 8.42. The van der Waals surface area contributed by atoms with Gasteiger partial charge in [0.05, 0.1) is 22.8 Å². The third-order valence-corrected chi connectivity index (χ3v) is 5.79. The molecule has 0 aromatic heterocycles. The van der Waals surface area contributed by atoms with E-state index in [0.29, 0.717) is 11.4 Å². The van der Waals surface area contributed by atoms with Crippen LogP contribution in [-0.2, 0) is 0 Å². The first-order valence-corrected chi connectivity index (χ1v) is 11.2. The number of aryl methyl sites for hydroxylation is 4. The Balaban J connectivity index is 2.06. The number of hydrogen-bond acceptors (Lipinski definition) is 2. The molecule has 0 saturated carbocycles. The molecule has 4 aromatic carbocycles. The topological polar surface area (TPSA) is 24.7 Å². The first-order valence-electron chi connectivity index (χ1n) is 11.2. The maximum atomic E-state index is 13.8. The molecule has 2 nitrogen and oxygen atoms in total. The summed E-state index contributed by atoms with van der Waals surface area (Å²) in [6.45, 7) is 8.03. The maximum absolute atomic E-state index is 13.8. The second-order valence-electron chi connectivity index (χ2n) is 8.42. The van der Waals surface area contributed by atoms with E-state index in [1.54, 1.807) is 24.3 Å². The SMILES string of the molecule is Cc1cccc(C)c1N=C(C(=Nc1c(C)cccc1C)c1ccc(F)cc1)c1ccc(F)cc1. The predicted molar refractivity (Wildman–Crippen MR) is 137 cm³/mol. The summed E-state index contributed by atoms with van der Waals surface area (Å²) in [4.78, 5) is 10.2. The van der Waals surface area contributed by atoms with Crippen LogP contribution in [0.3, 0.4) is 0 Å². The van der Waals surface area contributed by atoms with Gasteiger partial charge in [0.15, 0.2) is 0 Å². The molecule has 4 aromatic rings. The van der Waals surface area contributed by atoms with Crippen LogP contribution in [0.4, 0.5) is 20.2 Å². The third kappa shape index (κ3) is 5.01. The summed E-state index contributed by atoms with van der Waals surface area (Å²) in [5.41, 5.74) is 8.36. The van der Waals surface area contributed by atoms with Crippen molar-refractivity contribution in [2.45, 2.75) is 27.7 Å². The number of benzene rings is 4. The highest BCUT2D eigenvalue weighted by Crippen LogP contribution is 2.28. The van der Waals surface area contributed by atoms with E-state index in [1.165, 1.54) is 24.3 Å². The van der Waals surface area contributed by atoms with Gasteiger partial charge in [0, 0.05) is 11.1 Å². The predicted octanol–water partition coefficient (Wildman–Crippen LogP) is 8.14. The molecule has 0 aliphatic carbocycles. The highest BCUT2D eigenvalue weighted by molar-refractivity contribution is 6.54. The van der Waals surface area contributed by atoms with Crippen molar-refractivity contribution in [3.05, 3.63) is 130 Å². The minimum absolute atomic E-state index is 0.329. The lowest BCUT2D eigenvalue weighted by atomic mass is 9.98. The molecule has 0 N–H and O–H groups in total. The van der Waals surface area contributed by atoms with Gasteiger partial charge in [0.2, 0.25) is 0 Å². The average Bonchev–Trinajstić information content (AvgIpc) is 2.81. The molecular formula is C30H26F2N2. The monoisotopic (exact) mass is 452 g/mol. The van der Waals surface area contributed by atoms with Gasteiger partial charge in [0.25, 0.3) is 0 Å². The Morgan fingerprint density at radius 3 is 1.06 bits per heavy atom. The fourth-order valence-corrected chi connectivity index (χ4v) is 3.91. The van der Waals surface area contributed by atoms with Gasteiger partial charge in [0.1, 0.15) is 11.6 Å². The van der Waals surface area contributed by atoms with Crippen molar-refractivity contribution in [3.63, 3.8) is 0 Å². The van der Waals surface area contributed by atoms with Crippen molar-refractivity contribution in [3.8, 4) is 0 Å². The van der Waals surface area contributed by atoms with E-state index in [2.05, 4.69) is 0 Å². The van der Waals surface area contributed by atoms with E-state index in [0.717, 1.165) is 44.8 Å². The van der Waals surface area contributed by atoms with Crippen LogP contribution in [0.5, 0.6) is 0 Å². The van der Waals surface area contributed by atoms with Gasteiger partial charge in [-0.25, -0.2) is 18.8 Å². The van der Waals surface area contributed by atoms with Gasteiger partial charge in [-0.05, 0) is 98.5 Å². The van der Waals surface area contributed by atoms with Crippen LogP contribution >= 0.6 is 0 Å². The van der Waals surface area contributed by atoms with E-state index in [9.17, 15) is 8.78 Å². The molecule has 0 heterocycles. The maximum Gasteiger partial charge on any atom is 0.123 e. The molecule has 0 aliphatic rings. The molecule has 0 unspecified atom stereocenters. The molecule has 4 heteroatoms. The van der Waals surface area contributed by atoms with E-state index >= 15 is 0 Å². The summed E-state index contributed by atoms with van der Waals surface area (Å²) in [5, 5.41) is 0. The van der Waals surface area contributed by atoms with Crippen LogP contribution in [0.15, 0.2) is 94.9 Å². The molecule has 0 amide bonds. The minimum Gasteiger partial charge on any atom is -0.246 e. The zero-order valence-electron chi connectivity index (χ0n) is 19.7. The van der Waals surface area contributed by atoms with Crippen molar-refractivity contribution in [1.82, 2.24) is 0 Å². The Hall–Kier alpha value is -3.92. The van der Waals surface area contributed by atoms with Crippen molar-refractivity contribution >= 4 is 22.8 Å². The second kappa shape index (κ2) is 9.92. The summed E-state index contributed by atoms with van der Waals surface area (Å²) in [5.74, 6) is -0.657. The largest absolute Gasteiger partial charge is 0.246 e. The number of hydrogen-bond donors (Lipinski definition) is 0. The Morgan fingerprint density at radius 1 is 0.471 bits per heavy atom. The normalized spacial score (nSPS) is 12.2. The number of halogens is 2. The zero-order chi connectivity index (χ0) is 24.2. The molecule has 0 atom stereocenters. The lowest BCUT2D eigenvalue weighted by Gasteiger charge is -2.15. The molecule has 4 rings (SSSR count). The Labute approximate surface area is 199 Å². The van der Waals surface area contributed by atoms with Crippen LogP contribution < -0.4 is 0 Å². The van der Waals surface area contributed by atoms with Gasteiger partial charge < -0.3 is 0 Å². The number of para-hydroxylation sites is 2. The number of rotatable bonds is 5. The van der Waals surface area contributed by atoms with Crippen LogP contribution in [-0.4, -0.2) is 11.4 Å². The van der Waals surface area contributed by atoms with Gasteiger partial charge in [-0.1, -0.05) is 36.4 Å². The summed E-state index contributed by atoms with van der Waals surface area (Å²) < 4.78 is 27.6. The Morgan fingerprint density at radius 2 is 0.765 bits per heavy atom. The smallest absolute Gasteiger partial charge is 0.123 e.